The Kier molecular flexibility index (Phi) is 2.74. The molecular weight excluding hydrogens is 236 g/mol. The third-order valence-corrected chi connectivity index (χ3v) is 3.55. The van der Waals surface area contributed by atoms with E-state index in [9.17, 15) is 8.42 Å². The van der Waals surface area contributed by atoms with Gasteiger partial charge in [-0.1, -0.05) is 12.1 Å². The average Bonchev–Trinajstić information content (AvgIpc) is 2.76. The molecule has 0 aliphatic carbocycles. The summed E-state index contributed by atoms with van der Waals surface area (Å²) in [6, 6.07) is 8.60. The lowest BCUT2D eigenvalue weighted by molar-refractivity contribution is 0.602. The predicted molar refractivity (Wildman–Crippen MR) is 64.1 cm³/mol. The van der Waals surface area contributed by atoms with Crippen LogP contribution in [0.4, 0.5) is 0 Å². The van der Waals surface area contributed by atoms with Gasteiger partial charge in [-0.05, 0) is 17.7 Å². The number of rotatable bonds is 2. The van der Waals surface area contributed by atoms with Crippen LogP contribution in [0.1, 0.15) is 5.56 Å². The first-order valence-corrected chi connectivity index (χ1v) is 6.79. The third kappa shape index (κ3) is 2.22. The molecule has 0 saturated heterocycles. The van der Waals surface area contributed by atoms with E-state index in [1.165, 1.54) is 6.07 Å². The lowest BCUT2D eigenvalue weighted by atomic mass is 10.1. The van der Waals surface area contributed by atoms with E-state index in [0.717, 1.165) is 6.26 Å². The fraction of sp³-hybridized carbons (Fsp3) is 0.0833. The van der Waals surface area contributed by atoms with Crippen LogP contribution in [0.15, 0.2) is 41.6 Å². The zero-order valence-corrected chi connectivity index (χ0v) is 9.95. The maximum absolute atomic E-state index is 11.4. The summed E-state index contributed by atoms with van der Waals surface area (Å²) in [5, 5.41) is 8.91. The molecule has 1 heterocycles. The number of hydrogen-bond donors (Lipinski definition) is 1. The van der Waals surface area contributed by atoms with Crippen molar-refractivity contribution in [2.75, 3.05) is 6.26 Å². The monoisotopic (exact) mass is 246 g/mol. The van der Waals surface area contributed by atoms with Crippen LogP contribution in [0.5, 0.6) is 0 Å². The summed E-state index contributed by atoms with van der Waals surface area (Å²) < 4.78 is 22.9. The summed E-state index contributed by atoms with van der Waals surface area (Å²) in [7, 11) is -3.23. The standard InChI is InChI=1S/C12H10N2O2S/c1-17(15,16)11-4-2-3-9(5-11)12-8-14-7-10(12)6-13/h2-5,7-8,14H,1H3. The van der Waals surface area contributed by atoms with Crippen LogP contribution < -0.4 is 0 Å². The highest BCUT2D eigenvalue weighted by molar-refractivity contribution is 7.90. The van der Waals surface area contributed by atoms with Crippen molar-refractivity contribution >= 4 is 9.84 Å². The second kappa shape index (κ2) is 4.07. The highest BCUT2D eigenvalue weighted by Crippen LogP contribution is 2.25. The summed E-state index contributed by atoms with van der Waals surface area (Å²) in [4.78, 5) is 3.08. The van der Waals surface area contributed by atoms with Gasteiger partial charge >= 0.3 is 0 Å². The number of H-pyrrole nitrogens is 1. The van der Waals surface area contributed by atoms with E-state index < -0.39 is 9.84 Å². The van der Waals surface area contributed by atoms with E-state index in [0.29, 0.717) is 16.7 Å². The Morgan fingerprint density at radius 1 is 1.29 bits per heavy atom. The Morgan fingerprint density at radius 2 is 2.06 bits per heavy atom. The highest BCUT2D eigenvalue weighted by Gasteiger charge is 2.10. The topological polar surface area (TPSA) is 73.7 Å². The fourth-order valence-electron chi connectivity index (χ4n) is 1.59. The second-order valence-corrected chi connectivity index (χ2v) is 5.71. The Labute approximate surface area is 99.4 Å². The van der Waals surface area contributed by atoms with Gasteiger partial charge in [0.15, 0.2) is 9.84 Å². The van der Waals surface area contributed by atoms with Crippen LogP contribution in [-0.4, -0.2) is 19.7 Å². The molecule has 0 radical (unpaired) electrons. The number of aromatic nitrogens is 1. The van der Waals surface area contributed by atoms with E-state index in [4.69, 9.17) is 5.26 Å². The van der Waals surface area contributed by atoms with Crippen LogP contribution in [-0.2, 0) is 9.84 Å². The van der Waals surface area contributed by atoms with Gasteiger partial charge in [0.1, 0.15) is 6.07 Å². The number of nitrogens with one attached hydrogen (secondary N) is 1. The minimum atomic E-state index is -3.23. The van der Waals surface area contributed by atoms with Crippen molar-refractivity contribution in [3.05, 3.63) is 42.2 Å². The predicted octanol–water partition coefficient (Wildman–Crippen LogP) is 1.96. The Balaban J connectivity index is 2.60. The maximum Gasteiger partial charge on any atom is 0.175 e. The summed E-state index contributed by atoms with van der Waals surface area (Å²) in [5.74, 6) is 0. The van der Waals surface area contributed by atoms with Crippen LogP contribution in [0, 0.1) is 11.3 Å². The molecule has 0 amide bonds. The van der Waals surface area contributed by atoms with Crippen molar-refractivity contribution in [3.8, 4) is 17.2 Å². The Hall–Kier alpha value is -2.06. The highest BCUT2D eigenvalue weighted by atomic mass is 32.2. The van der Waals surface area contributed by atoms with Gasteiger partial charge in [0.2, 0.25) is 0 Å². The van der Waals surface area contributed by atoms with Gasteiger partial charge in [-0.2, -0.15) is 5.26 Å². The molecule has 4 nitrogen and oxygen atoms in total. The first kappa shape index (κ1) is 11.4. The van der Waals surface area contributed by atoms with Crippen molar-refractivity contribution in [3.63, 3.8) is 0 Å². The van der Waals surface area contributed by atoms with Crippen LogP contribution in [0.3, 0.4) is 0 Å². The average molecular weight is 246 g/mol. The molecule has 5 heteroatoms. The van der Waals surface area contributed by atoms with Gasteiger partial charge in [0.25, 0.3) is 0 Å². The molecule has 0 saturated carbocycles. The molecule has 1 aromatic heterocycles. The van der Waals surface area contributed by atoms with Crippen molar-refractivity contribution in [2.45, 2.75) is 4.90 Å². The summed E-state index contributed by atoms with van der Waals surface area (Å²) in [6.07, 6.45) is 4.43. The normalized spacial score (nSPS) is 11.1. The van der Waals surface area contributed by atoms with Crippen LogP contribution >= 0.6 is 0 Å². The molecule has 2 aromatic rings. The number of benzene rings is 1. The molecule has 0 fully saturated rings. The molecule has 1 N–H and O–H groups in total. The summed E-state index contributed by atoms with van der Waals surface area (Å²) in [6.45, 7) is 0. The fourth-order valence-corrected chi connectivity index (χ4v) is 2.26. The molecule has 0 unspecified atom stereocenters. The Bertz CT molecular complexity index is 693. The lowest BCUT2D eigenvalue weighted by Gasteiger charge is -2.02. The maximum atomic E-state index is 11.4. The summed E-state index contributed by atoms with van der Waals surface area (Å²) in [5.41, 5.74) is 1.92. The number of hydrogen-bond acceptors (Lipinski definition) is 3. The molecular formula is C12H10N2O2S. The Morgan fingerprint density at radius 3 is 2.71 bits per heavy atom. The number of sulfone groups is 1. The molecule has 86 valence electrons. The van der Waals surface area contributed by atoms with E-state index in [2.05, 4.69) is 11.1 Å². The molecule has 0 bridgehead atoms. The van der Waals surface area contributed by atoms with Crippen molar-refractivity contribution in [1.82, 2.24) is 4.98 Å². The molecule has 0 aliphatic rings. The zero-order valence-electron chi connectivity index (χ0n) is 9.14. The molecule has 2 rings (SSSR count). The van der Waals surface area contributed by atoms with Gasteiger partial charge in [0, 0.05) is 24.2 Å². The van der Waals surface area contributed by atoms with Crippen LogP contribution in [0.25, 0.3) is 11.1 Å². The molecule has 1 aromatic carbocycles. The van der Waals surface area contributed by atoms with Crippen LogP contribution in [0.2, 0.25) is 0 Å². The number of nitriles is 1. The third-order valence-electron chi connectivity index (χ3n) is 2.44. The van der Waals surface area contributed by atoms with Gasteiger partial charge in [-0.25, -0.2) is 8.42 Å². The zero-order chi connectivity index (χ0) is 12.5. The first-order chi connectivity index (χ1) is 8.02. The largest absolute Gasteiger partial charge is 0.366 e. The van der Waals surface area contributed by atoms with Gasteiger partial charge in [-0.3, -0.25) is 0 Å². The molecule has 0 aliphatic heterocycles. The molecule has 0 spiro atoms. The van der Waals surface area contributed by atoms with Crippen molar-refractivity contribution in [1.29, 1.82) is 5.26 Å². The smallest absolute Gasteiger partial charge is 0.175 e. The van der Waals surface area contributed by atoms with Crippen molar-refractivity contribution in [2.24, 2.45) is 0 Å². The van der Waals surface area contributed by atoms with E-state index in [1.54, 1.807) is 30.6 Å². The van der Waals surface area contributed by atoms with Gasteiger partial charge in [0.05, 0.1) is 10.5 Å². The van der Waals surface area contributed by atoms with E-state index in [1.807, 2.05) is 0 Å². The number of nitrogens with zero attached hydrogens (tertiary/aromatic N) is 1. The first-order valence-electron chi connectivity index (χ1n) is 4.90. The minimum Gasteiger partial charge on any atom is -0.366 e. The lowest BCUT2D eigenvalue weighted by Crippen LogP contribution is -1.96. The van der Waals surface area contributed by atoms with Gasteiger partial charge < -0.3 is 4.98 Å². The van der Waals surface area contributed by atoms with Gasteiger partial charge in [-0.15, -0.1) is 0 Å². The van der Waals surface area contributed by atoms with E-state index in [-0.39, 0.29) is 4.90 Å². The second-order valence-electron chi connectivity index (χ2n) is 3.69. The minimum absolute atomic E-state index is 0.250. The van der Waals surface area contributed by atoms with E-state index >= 15 is 0 Å². The molecule has 0 atom stereocenters. The SMILES string of the molecule is CS(=O)(=O)c1cccc(-c2c[nH]cc2C#N)c1. The summed E-state index contributed by atoms with van der Waals surface area (Å²) >= 11 is 0. The molecule has 17 heavy (non-hydrogen) atoms. The van der Waals surface area contributed by atoms with Crippen molar-refractivity contribution < 1.29 is 8.42 Å². The quantitative estimate of drug-likeness (QED) is 0.880. The number of aromatic amines is 1.